The van der Waals surface area contributed by atoms with Crippen molar-refractivity contribution in [3.63, 3.8) is 0 Å². The molecule has 2 fully saturated rings. The summed E-state index contributed by atoms with van der Waals surface area (Å²) < 4.78 is 11.5. The summed E-state index contributed by atoms with van der Waals surface area (Å²) in [5.41, 5.74) is 3.26. The topological polar surface area (TPSA) is 95.5 Å². The number of nitrogens with one attached hydrogen (secondary N) is 2. The highest BCUT2D eigenvalue weighted by molar-refractivity contribution is 5.78. The van der Waals surface area contributed by atoms with E-state index in [-0.39, 0.29) is 11.8 Å². The Bertz CT molecular complexity index is 1100. The predicted molar refractivity (Wildman–Crippen MR) is 154 cm³/mol. The lowest BCUT2D eigenvalue weighted by Crippen LogP contribution is -2.39. The number of carbonyl (C=O) groups is 2. The number of piperidine rings is 1. The van der Waals surface area contributed by atoms with Crippen LogP contribution < -0.4 is 20.1 Å². The van der Waals surface area contributed by atoms with E-state index in [1.54, 1.807) is 14.0 Å². The number of anilines is 1. The molecular weight excluding hydrogens is 494 g/mol. The molecule has 2 amide bonds. The number of nitrogens with zero attached hydrogens (tertiary/aromatic N) is 3. The quantitative estimate of drug-likeness (QED) is 0.408. The number of rotatable bonds is 11. The zero-order chi connectivity index (χ0) is 27.6. The highest BCUT2D eigenvalue weighted by atomic mass is 16.5. The van der Waals surface area contributed by atoms with Gasteiger partial charge in [0.05, 0.1) is 13.7 Å². The van der Waals surface area contributed by atoms with Crippen LogP contribution in [0.1, 0.15) is 58.8 Å². The first kappa shape index (κ1) is 28.5. The molecule has 1 aromatic carbocycles. The van der Waals surface area contributed by atoms with Gasteiger partial charge in [0.2, 0.25) is 11.8 Å². The molecule has 9 heteroatoms. The van der Waals surface area contributed by atoms with E-state index in [1.165, 1.54) is 11.3 Å². The van der Waals surface area contributed by atoms with Crippen LogP contribution in [0.5, 0.6) is 11.5 Å². The van der Waals surface area contributed by atoms with Gasteiger partial charge in [-0.1, -0.05) is 0 Å². The molecule has 0 radical (unpaired) electrons. The van der Waals surface area contributed by atoms with Gasteiger partial charge >= 0.3 is 0 Å². The van der Waals surface area contributed by atoms with Crippen LogP contribution in [-0.2, 0) is 9.59 Å². The Balaban J connectivity index is 1.28. The summed E-state index contributed by atoms with van der Waals surface area (Å²) >= 11 is 0. The molecule has 0 bridgehead atoms. The number of carbonyl (C=O) groups excluding carboxylic acids is 2. The number of allylic oxidation sites excluding steroid dienone is 3. The van der Waals surface area contributed by atoms with Crippen LogP contribution in [-0.4, -0.2) is 74.3 Å². The summed E-state index contributed by atoms with van der Waals surface area (Å²) in [5.74, 6) is 3.19. The van der Waals surface area contributed by atoms with Gasteiger partial charge in [-0.2, -0.15) is 0 Å². The minimum Gasteiger partial charge on any atom is -0.493 e. The van der Waals surface area contributed by atoms with Crippen LogP contribution in [0.15, 0.2) is 46.4 Å². The summed E-state index contributed by atoms with van der Waals surface area (Å²) in [6, 6.07) is 5.80. The lowest BCUT2D eigenvalue weighted by molar-refractivity contribution is -0.130. The molecule has 9 nitrogen and oxygen atoms in total. The van der Waals surface area contributed by atoms with Crippen LogP contribution in [0, 0.1) is 5.92 Å². The molecule has 0 unspecified atom stereocenters. The standard InChI is InChI=1S/C30H43N5O4/c1-22-7-8-25(32-21-24-12-17-34(18-13-24)23(2)36)11-14-31-30(22)33-26-9-10-27(38-3)28(20-26)39-19-5-16-35-15-4-6-29(35)37/h9-11,14,20,24,32-33H,4-8,12-13,15-19,21H2,1-3H3/b25-11-,30-22?,31-14?. The number of aliphatic imine (C=N–C) groups is 1. The molecule has 1 aromatic rings. The Kier molecular flexibility index (Phi) is 10.3. The summed E-state index contributed by atoms with van der Waals surface area (Å²) in [6.07, 6.45) is 10.2. The molecule has 2 saturated heterocycles. The van der Waals surface area contributed by atoms with Crippen LogP contribution >= 0.6 is 0 Å². The fourth-order valence-electron chi connectivity index (χ4n) is 5.23. The normalized spacial score (nSPS) is 19.9. The van der Waals surface area contributed by atoms with Crippen LogP contribution in [0.25, 0.3) is 0 Å². The fourth-order valence-corrected chi connectivity index (χ4v) is 5.23. The van der Waals surface area contributed by atoms with Crippen LogP contribution in [0.4, 0.5) is 5.69 Å². The SMILES string of the molecule is COc1ccc(NC2=C(C)CC/C(NCC3CCN(C(C)=O)CC3)=C/C=N2)cc1OCCCN1CCCC1=O. The first-order valence-corrected chi connectivity index (χ1v) is 14.2. The first-order valence-electron chi connectivity index (χ1n) is 14.2. The van der Waals surface area contributed by atoms with Crippen molar-refractivity contribution in [1.29, 1.82) is 0 Å². The number of methoxy groups -OCH3 is 1. The van der Waals surface area contributed by atoms with Crippen LogP contribution in [0.2, 0.25) is 0 Å². The summed E-state index contributed by atoms with van der Waals surface area (Å²) in [4.78, 5) is 31.9. The Morgan fingerprint density at radius 2 is 1.95 bits per heavy atom. The lowest BCUT2D eigenvalue weighted by atomic mass is 9.96. The number of hydrogen-bond acceptors (Lipinski definition) is 7. The molecular formula is C30H43N5O4. The highest BCUT2D eigenvalue weighted by Crippen LogP contribution is 2.32. The van der Waals surface area contributed by atoms with Gasteiger partial charge in [0.25, 0.3) is 0 Å². The third-order valence-electron chi connectivity index (χ3n) is 7.76. The van der Waals surface area contributed by atoms with E-state index in [4.69, 9.17) is 14.5 Å². The first-order chi connectivity index (χ1) is 18.9. The van der Waals surface area contributed by atoms with Gasteiger partial charge < -0.3 is 29.9 Å². The van der Waals surface area contributed by atoms with Crippen molar-refractivity contribution in [3.05, 3.63) is 41.4 Å². The molecule has 3 heterocycles. The summed E-state index contributed by atoms with van der Waals surface area (Å²) in [6.45, 7) is 8.50. The van der Waals surface area contributed by atoms with Gasteiger partial charge in [-0.25, -0.2) is 4.99 Å². The van der Waals surface area contributed by atoms with Crippen LogP contribution in [0.3, 0.4) is 0 Å². The number of benzene rings is 1. The Labute approximate surface area is 232 Å². The van der Waals surface area contributed by atoms with Crippen molar-refractivity contribution < 1.29 is 19.1 Å². The fraction of sp³-hybridized carbons (Fsp3) is 0.567. The minimum absolute atomic E-state index is 0.178. The van der Waals surface area contributed by atoms with Crippen molar-refractivity contribution in [2.45, 2.75) is 58.8 Å². The average Bonchev–Trinajstić information content (AvgIpc) is 3.35. The maximum atomic E-state index is 11.8. The second kappa shape index (κ2) is 14.1. The molecule has 0 atom stereocenters. The van der Waals surface area contributed by atoms with Gasteiger partial charge in [0, 0.05) is 69.7 Å². The molecule has 3 aliphatic heterocycles. The number of hydrogen-bond donors (Lipinski definition) is 2. The number of ether oxygens (including phenoxy) is 2. The third-order valence-corrected chi connectivity index (χ3v) is 7.76. The van der Waals surface area contributed by atoms with Crippen molar-refractivity contribution in [2.75, 3.05) is 51.8 Å². The van der Waals surface area contributed by atoms with Gasteiger partial charge in [0.1, 0.15) is 5.82 Å². The molecule has 0 spiro atoms. The van der Waals surface area contributed by atoms with Gasteiger partial charge in [0.15, 0.2) is 11.5 Å². The molecule has 4 rings (SSSR count). The zero-order valence-corrected chi connectivity index (χ0v) is 23.6. The molecule has 0 saturated carbocycles. The van der Waals surface area contributed by atoms with Crippen molar-refractivity contribution >= 4 is 23.7 Å². The monoisotopic (exact) mass is 537 g/mol. The lowest BCUT2D eigenvalue weighted by Gasteiger charge is -2.31. The Morgan fingerprint density at radius 1 is 1.13 bits per heavy atom. The zero-order valence-electron chi connectivity index (χ0n) is 23.6. The van der Waals surface area contributed by atoms with Gasteiger partial charge in [-0.05, 0) is 75.1 Å². The van der Waals surface area contributed by atoms with E-state index >= 15 is 0 Å². The van der Waals surface area contributed by atoms with E-state index < -0.39 is 0 Å². The second-order valence-corrected chi connectivity index (χ2v) is 10.6. The molecule has 39 heavy (non-hydrogen) atoms. The van der Waals surface area contributed by atoms with Crippen molar-refractivity contribution in [3.8, 4) is 11.5 Å². The second-order valence-electron chi connectivity index (χ2n) is 10.6. The minimum atomic E-state index is 0.178. The Hall–Kier alpha value is -3.49. The van der Waals surface area contributed by atoms with E-state index in [1.807, 2.05) is 34.2 Å². The van der Waals surface area contributed by atoms with Crippen molar-refractivity contribution in [2.24, 2.45) is 10.9 Å². The molecule has 0 aliphatic carbocycles. The van der Waals surface area contributed by atoms with E-state index in [2.05, 4.69) is 23.6 Å². The summed E-state index contributed by atoms with van der Waals surface area (Å²) in [7, 11) is 1.64. The maximum absolute atomic E-state index is 11.8. The largest absolute Gasteiger partial charge is 0.493 e. The number of amides is 2. The smallest absolute Gasteiger partial charge is 0.222 e. The van der Waals surface area contributed by atoms with E-state index in [0.717, 1.165) is 82.8 Å². The highest BCUT2D eigenvalue weighted by Gasteiger charge is 2.21. The Morgan fingerprint density at radius 3 is 2.67 bits per heavy atom. The average molecular weight is 538 g/mol. The summed E-state index contributed by atoms with van der Waals surface area (Å²) in [5, 5.41) is 7.08. The van der Waals surface area contributed by atoms with Gasteiger partial charge in [-0.3, -0.25) is 9.59 Å². The molecule has 2 N–H and O–H groups in total. The van der Waals surface area contributed by atoms with Crippen molar-refractivity contribution in [1.82, 2.24) is 15.1 Å². The molecule has 0 aromatic heterocycles. The van der Waals surface area contributed by atoms with Gasteiger partial charge in [-0.15, -0.1) is 0 Å². The molecule has 3 aliphatic rings. The van der Waals surface area contributed by atoms with E-state index in [0.29, 0.717) is 30.4 Å². The third kappa shape index (κ3) is 8.25. The maximum Gasteiger partial charge on any atom is 0.222 e. The molecule has 212 valence electrons. The number of likely N-dealkylation sites (tertiary alicyclic amines) is 2. The predicted octanol–water partition coefficient (Wildman–Crippen LogP) is 4.33. The van der Waals surface area contributed by atoms with E-state index in [9.17, 15) is 9.59 Å².